The number of anilines is 1. The summed E-state index contributed by atoms with van der Waals surface area (Å²) in [7, 11) is 0. The first kappa shape index (κ1) is 19.6. The molecule has 3 rings (SSSR count). The molecule has 0 bridgehead atoms. The number of rotatable bonds is 8. The van der Waals surface area contributed by atoms with Gasteiger partial charge in [0.2, 0.25) is 5.91 Å². The molecule has 1 amide bonds. The summed E-state index contributed by atoms with van der Waals surface area (Å²) >= 11 is 0. The molecule has 0 atom stereocenters. The maximum atomic E-state index is 12.1. The van der Waals surface area contributed by atoms with Gasteiger partial charge in [-0.15, -0.1) is 0 Å². The summed E-state index contributed by atoms with van der Waals surface area (Å²) in [6, 6.07) is 12.4. The summed E-state index contributed by atoms with van der Waals surface area (Å²) in [4.78, 5) is 34.3. The SMILES string of the molecule is N#CCOc1ccc(NC(=O)CCCn2c(=O)oc3cc([N+](=O)[O-])ccc32)cc1. The fraction of sp³-hybridized carbons (Fsp3) is 0.211. The van der Waals surface area contributed by atoms with Crippen LogP contribution in [0.4, 0.5) is 11.4 Å². The van der Waals surface area contributed by atoms with Gasteiger partial charge in [-0.3, -0.25) is 19.5 Å². The summed E-state index contributed by atoms with van der Waals surface area (Å²) < 4.78 is 11.5. The highest BCUT2D eigenvalue weighted by atomic mass is 16.6. The molecule has 10 nitrogen and oxygen atoms in total. The molecule has 148 valence electrons. The van der Waals surface area contributed by atoms with Crippen LogP contribution in [0.2, 0.25) is 0 Å². The maximum Gasteiger partial charge on any atom is 0.419 e. The lowest BCUT2D eigenvalue weighted by Crippen LogP contribution is -2.17. The minimum absolute atomic E-state index is 0.0544. The average Bonchev–Trinajstić information content (AvgIpc) is 3.02. The Morgan fingerprint density at radius 1 is 1.28 bits per heavy atom. The average molecular weight is 396 g/mol. The number of aryl methyl sites for hydroxylation is 1. The lowest BCUT2D eigenvalue weighted by Gasteiger charge is -2.07. The van der Waals surface area contributed by atoms with E-state index in [0.717, 1.165) is 0 Å². The molecular formula is C19H16N4O6. The second-order valence-corrected chi connectivity index (χ2v) is 6.05. The zero-order valence-corrected chi connectivity index (χ0v) is 15.2. The Kier molecular flexibility index (Phi) is 5.89. The number of hydrogen-bond donors (Lipinski definition) is 1. The minimum atomic E-state index is -0.631. The van der Waals surface area contributed by atoms with E-state index in [9.17, 15) is 19.7 Å². The number of hydrogen-bond acceptors (Lipinski definition) is 7. The van der Waals surface area contributed by atoms with Gasteiger partial charge < -0.3 is 14.5 Å². The van der Waals surface area contributed by atoms with E-state index in [2.05, 4.69) is 5.32 Å². The summed E-state index contributed by atoms with van der Waals surface area (Å²) in [5, 5.41) is 22.0. The quantitative estimate of drug-likeness (QED) is 0.456. The summed E-state index contributed by atoms with van der Waals surface area (Å²) in [6.45, 7) is 0.180. The lowest BCUT2D eigenvalue weighted by atomic mass is 10.2. The fourth-order valence-corrected chi connectivity index (χ4v) is 2.75. The van der Waals surface area contributed by atoms with Crippen molar-refractivity contribution in [2.45, 2.75) is 19.4 Å². The first-order valence-corrected chi connectivity index (χ1v) is 8.65. The summed E-state index contributed by atoms with van der Waals surface area (Å²) in [5.74, 6) is -0.336. The topological polar surface area (TPSA) is 140 Å². The second kappa shape index (κ2) is 8.71. The van der Waals surface area contributed by atoms with Crippen LogP contribution in [-0.2, 0) is 11.3 Å². The maximum absolute atomic E-state index is 12.1. The second-order valence-electron chi connectivity index (χ2n) is 6.05. The molecule has 10 heteroatoms. The number of nitrogens with one attached hydrogen (secondary N) is 1. The van der Waals surface area contributed by atoms with Crippen LogP contribution in [0.15, 0.2) is 51.7 Å². The zero-order valence-electron chi connectivity index (χ0n) is 15.2. The third-order valence-corrected chi connectivity index (χ3v) is 4.09. The Morgan fingerprint density at radius 2 is 2.03 bits per heavy atom. The van der Waals surface area contributed by atoms with Crippen LogP contribution in [0.5, 0.6) is 5.75 Å². The molecule has 0 fully saturated rings. The third-order valence-electron chi connectivity index (χ3n) is 4.09. The van der Waals surface area contributed by atoms with Crippen LogP contribution in [0, 0.1) is 21.4 Å². The van der Waals surface area contributed by atoms with Crippen molar-refractivity contribution in [2.24, 2.45) is 0 Å². The van der Waals surface area contributed by atoms with Crippen LogP contribution < -0.4 is 15.8 Å². The highest BCUT2D eigenvalue weighted by Crippen LogP contribution is 2.20. The van der Waals surface area contributed by atoms with E-state index in [1.54, 1.807) is 24.3 Å². The van der Waals surface area contributed by atoms with Gasteiger partial charge in [0.25, 0.3) is 5.69 Å². The smallest absolute Gasteiger partial charge is 0.419 e. The van der Waals surface area contributed by atoms with E-state index in [1.165, 1.54) is 22.8 Å². The molecule has 0 unspecified atom stereocenters. The molecule has 0 aliphatic rings. The molecule has 0 saturated carbocycles. The van der Waals surface area contributed by atoms with Gasteiger partial charge in [-0.25, -0.2) is 4.79 Å². The molecule has 3 aromatic rings. The van der Waals surface area contributed by atoms with Gasteiger partial charge in [-0.05, 0) is 36.8 Å². The van der Waals surface area contributed by atoms with Gasteiger partial charge in [0.15, 0.2) is 12.2 Å². The standard InChI is InChI=1S/C19H16N4O6/c20-9-11-28-15-6-3-13(4-7-15)21-18(24)2-1-10-22-16-8-5-14(23(26)27)12-17(16)29-19(22)25/h3-8,12H,1-2,10-11H2,(H,21,24). The van der Waals surface area contributed by atoms with E-state index < -0.39 is 10.7 Å². The molecule has 0 radical (unpaired) electrons. The number of amides is 1. The van der Waals surface area contributed by atoms with Crippen molar-refractivity contribution in [3.8, 4) is 11.8 Å². The third kappa shape index (κ3) is 4.78. The summed E-state index contributed by atoms with van der Waals surface area (Å²) in [6.07, 6.45) is 0.541. The van der Waals surface area contributed by atoms with Crippen LogP contribution in [-0.4, -0.2) is 22.0 Å². The van der Waals surface area contributed by atoms with Crippen molar-refractivity contribution >= 4 is 28.4 Å². The Balaban J connectivity index is 1.56. The molecule has 2 aromatic carbocycles. The number of carbonyl (C=O) groups is 1. The van der Waals surface area contributed by atoms with E-state index >= 15 is 0 Å². The first-order chi connectivity index (χ1) is 14.0. The van der Waals surface area contributed by atoms with Crippen molar-refractivity contribution in [1.29, 1.82) is 5.26 Å². The van der Waals surface area contributed by atoms with Crippen LogP contribution in [0.1, 0.15) is 12.8 Å². The fourth-order valence-electron chi connectivity index (χ4n) is 2.75. The Labute approximate surface area is 164 Å². The molecule has 1 heterocycles. The number of nitro groups is 1. The van der Waals surface area contributed by atoms with E-state index in [1.807, 2.05) is 6.07 Å². The van der Waals surface area contributed by atoms with Crippen molar-refractivity contribution in [3.63, 3.8) is 0 Å². The first-order valence-electron chi connectivity index (χ1n) is 8.65. The van der Waals surface area contributed by atoms with Crippen LogP contribution >= 0.6 is 0 Å². The van der Waals surface area contributed by atoms with Crippen molar-refractivity contribution in [3.05, 3.63) is 63.1 Å². The number of nitrogens with zero attached hydrogens (tertiary/aromatic N) is 3. The lowest BCUT2D eigenvalue weighted by molar-refractivity contribution is -0.384. The van der Waals surface area contributed by atoms with Crippen molar-refractivity contribution < 1.29 is 18.9 Å². The van der Waals surface area contributed by atoms with Crippen LogP contribution in [0.3, 0.4) is 0 Å². The number of non-ortho nitro benzene ring substituents is 1. The van der Waals surface area contributed by atoms with E-state index in [4.69, 9.17) is 14.4 Å². The van der Waals surface area contributed by atoms with Crippen LogP contribution in [0.25, 0.3) is 11.1 Å². The number of carbonyl (C=O) groups excluding carboxylic acids is 1. The number of ether oxygens (including phenoxy) is 1. The summed E-state index contributed by atoms with van der Waals surface area (Å²) in [5.41, 5.74) is 0.987. The van der Waals surface area contributed by atoms with Crippen molar-refractivity contribution in [2.75, 3.05) is 11.9 Å². The molecule has 0 spiro atoms. The predicted molar refractivity (Wildman–Crippen MR) is 103 cm³/mol. The van der Waals surface area contributed by atoms with Gasteiger partial charge in [-0.2, -0.15) is 5.26 Å². The minimum Gasteiger partial charge on any atom is -0.479 e. The molecule has 0 aliphatic carbocycles. The monoisotopic (exact) mass is 396 g/mol. The molecule has 1 aromatic heterocycles. The Hall–Kier alpha value is -4.13. The molecular weight excluding hydrogens is 380 g/mol. The number of benzene rings is 2. The van der Waals surface area contributed by atoms with Crippen molar-refractivity contribution in [1.82, 2.24) is 4.57 Å². The van der Waals surface area contributed by atoms with Gasteiger partial charge in [0, 0.05) is 24.7 Å². The van der Waals surface area contributed by atoms with Gasteiger partial charge in [0.05, 0.1) is 16.5 Å². The number of oxazole rings is 1. The van der Waals surface area contributed by atoms with E-state index in [-0.39, 0.29) is 36.8 Å². The number of aromatic nitrogens is 1. The largest absolute Gasteiger partial charge is 0.479 e. The Bertz CT molecular complexity index is 1140. The molecule has 0 aliphatic heterocycles. The Morgan fingerprint density at radius 3 is 2.72 bits per heavy atom. The normalized spacial score (nSPS) is 10.4. The number of nitriles is 1. The number of fused-ring (bicyclic) bond motifs is 1. The highest BCUT2D eigenvalue weighted by Gasteiger charge is 2.14. The zero-order chi connectivity index (χ0) is 20.8. The van der Waals surface area contributed by atoms with E-state index in [0.29, 0.717) is 23.4 Å². The number of nitro benzene ring substituents is 1. The predicted octanol–water partition coefficient (Wildman–Crippen LogP) is 2.82. The van der Waals surface area contributed by atoms with Gasteiger partial charge in [-0.1, -0.05) is 0 Å². The van der Waals surface area contributed by atoms with Gasteiger partial charge in [0.1, 0.15) is 11.8 Å². The molecule has 1 N–H and O–H groups in total. The van der Waals surface area contributed by atoms with Gasteiger partial charge >= 0.3 is 5.76 Å². The highest BCUT2D eigenvalue weighted by molar-refractivity contribution is 5.90. The molecule has 29 heavy (non-hydrogen) atoms. The molecule has 0 saturated heterocycles.